The van der Waals surface area contributed by atoms with E-state index in [2.05, 4.69) is 10.3 Å². The van der Waals surface area contributed by atoms with Gasteiger partial charge in [0, 0.05) is 24.5 Å². The molecule has 2 aliphatic rings. The monoisotopic (exact) mass is 802 g/mol. The molecule has 0 saturated heterocycles. The van der Waals surface area contributed by atoms with Crippen molar-refractivity contribution in [3.63, 3.8) is 0 Å². The molecule has 0 saturated carbocycles. The van der Waals surface area contributed by atoms with Crippen molar-refractivity contribution in [2.45, 2.75) is 43.6 Å². The number of nitrogens with two attached hydrogens (primary N) is 1. The van der Waals surface area contributed by atoms with Crippen LogP contribution in [0.2, 0.25) is 0 Å². The van der Waals surface area contributed by atoms with Crippen LogP contribution in [-0.2, 0) is 11.2 Å². The van der Waals surface area contributed by atoms with Gasteiger partial charge < -0.3 is 16.4 Å². The number of carbonyl (C=O) groups excluding carboxylic acids is 4. The van der Waals surface area contributed by atoms with Crippen LogP contribution in [0.5, 0.6) is 0 Å². The maximum atomic E-state index is 15.0. The fourth-order valence-electron chi connectivity index (χ4n) is 6.58. The first-order valence-electron chi connectivity index (χ1n) is 16.7. The normalized spacial score (nSPS) is 16.4. The number of nitrogens with zero attached hydrogens (tertiary/aromatic N) is 2. The summed E-state index contributed by atoms with van der Waals surface area (Å²) >= 11 is 0. The molecule has 5 N–H and O–H groups in total. The minimum absolute atomic E-state index is 0.0416. The number of anilines is 1. The number of benzene rings is 3. The van der Waals surface area contributed by atoms with Gasteiger partial charge in [-0.15, -0.1) is 0 Å². The molecule has 19 heteroatoms. The molecule has 0 radical (unpaired) electrons. The van der Waals surface area contributed by atoms with Gasteiger partial charge in [0.05, 0.1) is 58.1 Å². The second-order valence-electron chi connectivity index (χ2n) is 13.0. The van der Waals surface area contributed by atoms with Crippen LogP contribution in [0.3, 0.4) is 0 Å². The Morgan fingerprint density at radius 2 is 1.47 bits per heavy atom. The number of amides is 4. The highest BCUT2D eigenvalue weighted by Crippen LogP contribution is 2.46. The van der Waals surface area contributed by atoms with Crippen LogP contribution in [0.4, 0.5) is 45.2 Å². The lowest BCUT2D eigenvalue weighted by Crippen LogP contribution is -2.47. The van der Waals surface area contributed by atoms with Crippen LogP contribution >= 0.6 is 0 Å². The molecule has 2 heterocycles. The summed E-state index contributed by atoms with van der Waals surface area (Å²) in [4.78, 5) is 57.5. The van der Waals surface area contributed by atoms with Crippen molar-refractivity contribution in [1.29, 1.82) is 5.41 Å². The van der Waals surface area contributed by atoms with Crippen LogP contribution < -0.4 is 21.3 Å². The third kappa shape index (κ3) is 7.94. The van der Waals surface area contributed by atoms with Gasteiger partial charge in [-0.25, -0.2) is 35.6 Å². The van der Waals surface area contributed by atoms with Crippen molar-refractivity contribution in [3.8, 4) is 11.1 Å². The standard InChI is InChI=1S/C38H27F9N6O4/c39-19-9-17(10-20(40)13-19)11-27(52-28(54)16-51-32-29(30(48)33(42)43)37(44,45)7-8-38(32,46)47)31-24(18-5-6-26(41)25(12-18)34(49)55)14-21(15-50-31)53-35(56)22-3-1-2-4-23(22)36(53)57/h1-6,9-10,12-15,27,33,48,51H,7-8,11,16H2,(H2,49,55)(H,52,54). The minimum Gasteiger partial charge on any atom is -0.374 e. The number of primary amides is 1. The topological polar surface area (TPSA) is 158 Å². The fourth-order valence-corrected chi connectivity index (χ4v) is 6.58. The van der Waals surface area contributed by atoms with Crippen LogP contribution in [0.1, 0.15) is 61.2 Å². The quantitative estimate of drug-likeness (QED) is 0.0713. The molecule has 3 aromatic carbocycles. The lowest BCUT2D eigenvalue weighted by atomic mass is 9.86. The van der Waals surface area contributed by atoms with Gasteiger partial charge in [0.25, 0.3) is 36.0 Å². The van der Waals surface area contributed by atoms with E-state index in [1.165, 1.54) is 30.3 Å². The number of nitrogens with one attached hydrogen (secondary N) is 3. The summed E-state index contributed by atoms with van der Waals surface area (Å²) in [5.41, 5.74) is -1.78. The van der Waals surface area contributed by atoms with Crippen LogP contribution in [0.25, 0.3) is 11.1 Å². The van der Waals surface area contributed by atoms with Crippen molar-refractivity contribution in [3.05, 3.63) is 130 Å². The van der Waals surface area contributed by atoms with Crippen LogP contribution in [-0.4, -0.2) is 59.1 Å². The van der Waals surface area contributed by atoms with Crippen molar-refractivity contribution < 1.29 is 58.7 Å². The van der Waals surface area contributed by atoms with E-state index in [9.17, 15) is 58.7 Å². The molecule has 1 aliphatic carbocycles. The average Bonchev–Trinajstić information content (AvgIpc) is 3.39. The maximum Gasteiger partial charge on any atom is 0.288 e. The Morgan fingerprint density at radius 1 is 0.860 bits per heavy atom. The van der Waals surface area contributed by atoms with Gasteiger partial charge in [0.15, 0.2) is 0 Å². The predicted octanol–water partition coefficient (Wildman–Crippen LogP) is 6.66. The van der Waals surface area contributed by atoms with E-state index in [4.69, 9.17) is 11.1 Å². The number of carbonyl (C=O) groups is 4. The second-order valence-corrected chi connectivity index (χ2v) is 13.0. The molecule has 4 amide bonds. The number of pyridine rings is 1. The number of fused-ring (bicyclic) bond motifs is 1. The summed E-state index contributed by atoms with van der Waals surface area (Å²) in [6.45, 7) is -1.29. The number of hydrogen-bond acceptors (Lipinski definition) is 7. The zero-order valence-electron chi connectivity index (χ0n) is 28.9. The summed E-state index contributed by atoms with van der Waals surface area (Å²) in [5, 5.41) is 11.6. The molecule has 0 spiro atoms. The van der Waals surface area contributed by atoms with E-state index in [0.717, 1.165) is 41.4 Å². The smallest absolute Gasteiger partial charge is 0.288 e. The summed E-state index contributed by atoms with van der Waals surface area (Å²) < 4.78 is 130. The molecule has 1 atom stereocenters. The minimum atomic E-state index is -4.29. The molecule has 1 aromatic heterocycles. The number of hydrogen-bond donors (Lipinski definition) is 4. The van der Waals surface area contributed by atoms with Crippen LogP contribution in [0.15, 0.2) is 84.2 Å². The highest BCUT2D eigenvalue weighted by Gasteiger charge is 2.53. The van der Waals surface area contributed by atoms with E-state index < -0.39 is 114 Å². The summed E-state index contributed by atoms with van der Waals surface area (Å²) in [5.74, 6) is -15.7. The Labute approximate surface area is 316 Å². The molecule has 57 heavy (non-hydrogen) atoms. The predicted molar refractivity (Wildman–Crippen MR) is 185 cm³/mol. The maximum absolute atomic E-state index is 15.0. The number of aromatic nitrogens is 1. The highest BCUT2D eigenvalue weighted by molar-refractivity contribution is 6.34. The number of allylic oxidation sites excluding steroid dienone is 2. The summed E-state index contributed by atoms with van der Waals surface area (Å²) in [6, 6.07) is 10.7. The van der Waals surface area contributed by atoms with Gasteiger partial charge >= 0.3 is 0 Å². The molecule has 4 aromatic rings. The lowest BCUT2D eigenvalue weighted by Gasteiger charge is -2.34. The lowest BCUT2D eigenvalue weighted by molar-refractivity contribution is -0.121. The summed E-state index contributed by atoms with van der Waals surface area (Å²) in [7, 11) is 0. The number of halogens is 9. The van der Waals surface area contributed by atoms with E-state index >= 15 is 0 Å². The van der Waals surface area contributed by atoms with E-state index in [1.807, 2.05) is 0 Å². The molecule has 1 aliphatic heterocycles. The Balaban J connectivity index is 1.45. The Bertz CT molecular complexity index is 2330. The van der Waals surface area contributed by atoms with Gasteiger partial charge in [-0.2, -0.15) is 8.78 Å². The van der Waals surface area contributed by atoms with E-state index in [-0.39, 0.29) is 39.2 Å². The zero-order valence-corrected chi connectivity index (χ0v) is 28.9. The fraction of sp³-hybridized carbons (Fsp3) is 0.211. The van der Waals surface area contributed by atoms with Gasteiger partial charge in [-0.3, -0.25) is 29.6 Å². The highest BCUT2D eigenvalue weighted by atomic mass is 19.3. The van der Waals surface area contributed by atoms with E-state index in [0.29, 0.717) is 6.07 Å². The molecule has 296 valence electrons. The van der Waals surface area contributed by atoms with Gasteiger partial charge in [-0.05, 0) is 60.0 Å². The van der Waals surface area contributed by atoms with Crippen LogP contribution in [0, 0.1) is 22.9 Å². The van der Waals surface area contributed by atoms with Crippen molar-refractivity contribution in [1.82, 2.24) is 15.6 Å². The number of alkyl halides is 6. The first-order valence-corrected chi connectivity index (χ1v) is 16.7. The van der Waals surface area contributed by atoms with Gasteiger partial charge in [-0.1, -0.05) is 18.2 Å². The average molecular weight is 803 g/mol. The van der Waals surface area contributed by atoms with Gasteiger partial charge in [0.1, 0.15) is 23.2 Å². The number of imide groups is 1. The largest absolute Gasteiger partial charge is 0.374 e. The Morgan fingerprint density at radius 3 is 2.07 bits per heavy atom. The van der Waals surface area contributed by atoms with Gasteiger partial charge in [0.2, 0.25) is 5.91 Å². The molecule has 10 nitrogen and oxygen atoms in total. The third-order valence-electron chi connectivity index (χ3n) is 9.17. The number of rotatable bonds is 12. The first kappa shape index (κ1) is 40.1. The van der Waals surface area contributed by atoms with E-state index in [1.54, 1.807) is 5.32 Å². The van der Waals surface area contributed by atoms with Crippen molar-refractivity contribution >= 4 is 35.0 Å². The zero-order chi connectivity index (χ0) is 41.6. The third-order valence-corrected chi connectivity index (χ3v) is 9.17. The summed E-state index contributed by atoms with van der Waals surface area (Å²) in [6.07, 6.45) is -6.50. The molecular weight excluding hydrogens is 775 g/mol. The molecular formula is C38H27F9N6O4. The van der Waals surface area contributed by atoms with Crippen molar-refractivity contribution in [2.24, 2.45) is 5.73 Å². The second kappa shape index (κ2) is 15.2. The first-order chi connectivity index (χ1) is 26.8. The van der Waals surface area contributed by atoms with Crippen molar-refractivity contribution in [2.75, 3.05) is 11.4 Å². The molecule has 0 bridgehead atoms. The molecule has 0 fully saturated rings. The Hall–Kier alpha value is -6.53. The molecule has 1 unspecified atom stereocenters. The molecule has 6 rings (SSSR count). The SMILES string of the molecule is N=C(C1=C(NCC(=O)NC(Cc2cc(F)cc(F)c2)c2ncc(N3C(=O)c4ccccc4C3=O)cc2-c2ccc(F)c(C(N)=O)c2)C(F)(F)CCC1(F)F)C(F)F. The Kier molecular flexibility index (Phi) is 10.7.